The quantitative estimate of drug-likeness (QED) is 0.828. The van der Waals surface area contributed by atoms with E-state index in [9.17, 15) is 17.6 Å². The zero-order chi connectivity index (χ0) is 12.5. The number of nitrogens with one attached hydrogen (secondary N) is 1. The summed E-state index contributed by atoms with van der Waals surface area (Å²) in [4.78, 5) is 0. The molecule has 6 heteroatoms. The maximum absolute atomic E-state index is 12.6. The molecule has 17 heavy (non-hydrogen) atoms. The molecule has 0 aliphatic carbocycles. The van der Waals surface area contributed by atoms with Gasteiger partial charge in [-0.15, -0.1) is 0 Å². The van der Waals surface area contributed by atoms with E-state index in [0.29, 0.717) is 0 Å². The Bertz CT molecular complexity index is 376. The molecular weight excluding hydrogens is 238 g/mol. The molecule has 0 radical (unpaired) electrons. The van der Waals surface area contributed by atoms with Crippen molar-refractivity contribution in [1.29, 1.82) is 0 Å². The Morgan fingerprint density at radius 3 is 2.24 bits per heavy atom. The van der Waals surface area contributed by atoms with E-state index in [1.807, 2.05) is 0 Å². The van der Waals surface area contributed by atoms with Crippen LogP contribution in [0.25, 0.3) is 0 Å². The summed E-state index contributed by atoms with van der Waals surface area (Å²) in [6.07, 6.45) is -7.31. The molecule has 1 aliphatic rings. The summed E-state index contributed by atoms with van der Waals surface area (Å²) in [5.74, 6) is -0.265. The first-order valence-electron chi connectivity index (χ1n) is 5.17. The maximum atomic E-state index is 12.6. The molecular formula is C11H11F4NO. The minimum Gasteiger partial charge on any atom is -0.428 e. The average Bonchev–Trinajstić information content (AvgIpc) is 2.17. The van der Waals surface area contributed by atoms with E-state index < -0.39 is 12.5 Å². The van der Waals surface area contributed by atoms with Gasteiger partial charge in [0.05, 0.1) is 0 Å². The van der Waals surface area contributed by atoms with E-state index in [1.54, 1.807) is 12.1 Å². The predicted octanol–water partition coefficient (Wildman–Crippen LogP) is 2.96. The topological polar surface area (TPSA) is 21.3 Å². The van der Waals surface area contributed by atoms with Crippen molar-refractivity contribution in [2.45, 2.75) is 25.0 Å². The Balaban J connectivity index is 2.02. The second-order valence-electron chi connectivity index (χ2n) is 3.83. The van der Waals surface area contributed by atoms with Crippen LogP contribution in [0, 0.1) is 0 Å². The van der Waals surface area contributed by atoms with E-state index in [2.05, 4.69) is 10.1 Å². The molecule has 0 spiro atoms. The summed E-state index contributed by atoms with van der Waals surface area (Å²) >= 11 is 0. The summed E-state index contributed by atoms with van der Waals surface area (Å²) in [7, 11) is 0. The highest BCUT2D eigenvalue weighted by atomic mass is 19.3. The molecule has 0 saturated carbocycles. The Hall–Kier alpha value is -1.30. The van der Waals surface area contributed by atoms with Crippen molar-refractivity contribution in [3.05, 3.63) is 29.8 Å². The fourth-order valence-electron chi connectivity index (χ4n) is 1.54. The highest BCUT2D eigenvalue weighted by Gasteiger charge is 2.43. The smallest absolute Gasteiger partial charge is 0.428 e. The van der Waals surface area contributed by atoms with Crippen molar-refractivity contribution in [1.82, 2.24) is 5.32 Å². The lowest BCUT2D eigenvalue weighted by Crippen LogP contribution is -2.35. The molecule has 1 heterocycles. The Kier molecular flexibility index (Phi) is 3.24. The summed E-state index contributed by atoms with van der Waals surface area (Å²) < 4.78 is 52.9. The molecule has 0 bridgehead atoms. The molecule has 1 atom stereocenters. The van der Waals surface area contributed by atoms with Crippen molar-refractivity contribution >= 4 is 0 Å². The van der Waals surface area contributed by atoms with Crippen LogP contribution >= 0.6 is 0 Å². The fraction of sp³-hybridized carbons (Fsp3) is 0.455. The molecule has 1 aromatic rings. The van der Waals surface area contributed by atoms with E-state index >= 15 is 0 Å². The lowest BCUT2D eigenvalue weighted by molar-refractivity contribution is -0.253. The number of alkyl halides is 4. The van der Waals surface area contributed by atoms with Gasteiger partial charge >= 0.3 is 12.5 Å². The Morgan fingerprint density at radius 2 is 1.82 bits per heavy atom. The van der Waals surface area contributed by atoms with Crippen LogP contribution in [0.5, 0.6) is 5.75 Å². The third kappa shape index (κ3) is 2.69. The molecule has 1 saturated heterocycles. The molecule has 0 aromatic heterocycles. The molecule has 2 nitrogen and oxygen atoms in total. The summed E-state index contributed by atoms with van der Waals surface area (Å²) in [6.45, 7) is 0.923. The summed E-state index contributed by atoms with van der Waals surface area (Å²) in [5.41, 5.74) is 0.934. The highest BCUT2D eigenvalue weighted by Crippen LogP contribution is 2.29. The van der Waals surface area contributed by atoms with E-state index in [4.69, 9.17) is 0 Å². The minimum atomic E-state index is -4.45. The van der Waals surface area contributed by atoms with Gasteiger partial charge in [-0.2, -0.15) is 17.6 Å². The van der Waals surface area contributed by atoms with Gasteiger partial charge in [0, 0.05) is 6.04 Å². The van der Waals surface area contributed by atoms with Crippen molar-refractivity contribution in [3.8, 4) is 5.75 Å². The van der Waals surface area contributed by atoms with E-state index in [0.717, 1.165) is 18.5 Å². The monoisotopic (exact) mass is 249 g/mol. The lowest BCUT2D eigenvalue weighted by Gasteiger charge is -2.28. The molecule has 1 aliphatic heterocycles. The second-order valence-corrected chi connectivity index (χ2v) is 3.83. The van der Waals surface area contributed by atoms with Gasteiger partial charge in [-0.25, -0.2) is 0 Å². The normalized spacial score (nSPS) is 20.2. The third-order valence-electron chi connectivity index (χ3n) is 2.61. The van der Waals surface area contributed by atoms with Crippen LogP contribution in [0.2, 0.25) is 0 Å². The van der Waals surface area contributed by atoms with Crippen molar-refractivity contribution in [2.75, 3.05) is 6.54 Å². The average molecular weight is 249 g/mol. The zero-order valence-electron chi connectivity index (χ0n) is 8.80. The van der Waals surface area contributed by atoms with Crippen molar-refractivity contribution in [2.24, 2.45) is 0 Å². The Labute approximate surface area is 95.6 Å². The zero-order valence-corrected chi connectivity index (χ0v) is 8.80. The van der Waals surface area contributed by atoms with Crippen LogP contribution < -0.4 is 10.1 Å². The second kappa shape index (κ2) is 4.52. The fourth-order valence-corrected chi connectivity index (χ4v) is 1.54. The number of halogens is 4. The van der Waals surface area contributed by atoms with Crippen LogP contribution in [0.4, 0.5) is 17.6 Å². The minimum absolute atomic E-state index is 0.222. The number of hydrogen-bond acceptors (Lipinski definition) is 2. The standard InChI is InChI=1S/C11H11F4NO/c12-10(13)11(14,15)17-8-3-1-7(2-4-8)9-5-6-16-9/h1-4,9-10,16H,5-6H2/t9-/m1/s1. The number of hydrogen-bond donors (Lipinski definition) is 1. The third-order valence-corrected chi connectivity index (χ3v) is 2.61. The lowest BCUT2D eigenvalue weighted by atomic mass is 9.98. The molecule has 0 unspecified atom stereocenters. The first-order chi connectivity index (χ1) is 7.99. The summed E-state index contributed by atoms with van der Waals surface area (Å²) in [6, 6.07) is 5.94. The van der Waals surface area contributed by atoms with Crippen LogP contribution in [-0.4, -0.2) is 19.1 Å². The van der Waals surface area contributed by atoms with E-state index in [-0.39, 0.29) is 11.8 Å². The Morgan fingerprint density at radius 1 is 1.24 bits per heavy atom. The van der Waals surface area contributed by atoms with Crippen LogP contribution in [0.15, 0.2) is 24.3 Å². The number of ether oxygens (including phenoxy) is 1. The first kappa shape index (κ1) is 12.2. The highest BCUT2D eigenvalue weighted by molar-refractivity contribution is 5.30. The number of benzene rings is 1. The van der Waals surface area contributed by atoms with Crippen molar-refractivity contribution in [3.63, 3.8) is 0 Å². The van der Waals surface area contributed by atoms with Gasteiger partial charge in [-0.1, -0.05) is 12.1 Å². The molecule has 1 N–H and O–H groups in total. The van der Waals surface area contributed by atoms with Crippen LogP contribution in [0.3, 0.4) is 0 Å². The van der Waals surface area contributed by atoms with Gasteiger partial charge in [-0.05, 0) is 30.7 Å². The first-order valence-corrected chi connectivity index (χ1v) is 5.17. The molecule has 1 aromatic carbocycles. The number of rotatable bonds is 4. The molecule has 0 amide bonds. The maximum Gasteiger partial charge on any atom is 0.461 e. The molecule has 1 fully saturated rings. The largest absolute Gasteiger partial charge is 0.461 e. The van der Waals surface area contributed by atoms with Gasteiger partial charge in [0.1, 0.15) is 5.75 Å². The van der Waals surface area contributed by atoms with Gasteiger partial charge in [0.15, 0.2) is 0 Å². The molecule has 94 valence electrons. The van der Waals surface area contributed by atoms with Crippen LogP contribution in [-0.2, 0) is 0 Å². The van der Waals surface area contributed by atoms with E-state index in [1.165, 1.54) is 12.1 Å². The molecule has 2 rings (SSSR count). The van der Waals surface area contributed by atoms with Gasteiger partial charge in [0.25, 0.3) is 0 Å². The van der Waals surface area contributed by atoms with Gasteiger partial charge in [-0.3, -0.25) is 0 Å². The SMILES string of the molecule is FC(F)C(F)(F)Oc1ccc([C@H]2CCN2)cc1. The van der Waals surface area contributed by atoms with Crippen LogP contribution in [0.1, 0.15) is 18.0 Å². The summed E-state index contributed by atoms with van der Waals surface area (Å²) in [5, 5.41) is 3.14. The van der Waals surface area contributed by atoms with Crippen molar-refractivity contribution < 1.29 is 22.3 Å². The van der Waals surface area contributed by atoms with Gasteiger partial charge < -0.3 is 10.1 Å². The van der Waals surface area contributed by atoms with Gasteiger partial charge in [0.2, 0.25) is 0 Å². The predicted molar refractivity (Wildman–Crippen MR) is 53.4 cm³/mol.